The first-order chi connectivity index (χ1) is 7.93. The van der Waals surface area contributed by atoms with Gasteiger partial charge in [0.15, 0.2) is 0 Å². The van der Waals surface area contributed by atoms with Crippen LogP contribution in [0.5, 0.6) is 0 Å². The molecular formula is C11H10F6O. The van der Waals surface area contributed by atoms with Crippen molar-refractivity contribution in [1.82, 2.24) is 0 Å². The van der Waals surface area contributed by atoms with Gasteiger partial charge in [0.2, 0.25) is 0 Å². The SMILES string of the molecule is Cc1cccc(C)c1C(O)(C(F)(F)F)C(F)(F)F. The first kappa shape index (κ1) is 14.8. The maximum Gasteiger partial charge on any atom is 0.430 e. The molecule has 0 unspecified atom stereocenters. The number of hydrogen-bond donors (Lipinski definition) is 1. The van der Waals surface area contributed by atoms with Crippen molar-refractivity contribution in [3.05, 3.63) is 34.9 Å². The summed E-state index contributed by atoms with van der Waals surface area (Å²) in [4.78, 5) is 0. The Morgan fingerprint density at radius 1 is 0.833 bits per heavy atom. The van der Waals surface area contributed by atoms with Gasteiger partial charge in [-0.1, -0.05) is 18.2 Å². The molecular weight excluding hydrogens is 262 g/mol. The van der Waals surface area contributed by atoms with Crippen LogP contribution in [0.4, 0.5) is 26.3 Å². The van der Waals surface area contributed by atoms with E-state index in [0.29, 0.717) is 0 Å². The van der Waals surface area contributed by atoms with Gasteiger partial charge in [-0.25, -0.2) is 0 Å². The van der Waals surface area contributed by atoms with Crippen LogP contribution in [0.3, 0.4) is 0 Å². The van der Waals surface area contributed by atoms with Crippen molar-refractivity contribution >= 4 is 0 Å². The molecule has 7 heteroatoms. The maximum absolute atomic E-state index is 12.7. The minimum absolute atomic E-state index is 0.271. The van der Waals surface area contributed by atoms with E-state index in [4.69, 9.17) is 0 Å². The minimum atomic E-state index is -5.85. The highest BCUT2D eigenvalue weighted by Crippen LogP contribution is 2.51. The molecule has 0 saturated carbocycles. The van der Waals surface area contributed by atoms with Crippen LogP contribution in [-0.4, -0.2) is 17.5 Å². The third-order valence-electron chi connectivity index (χ3n) is 2.66. The zero-order valence-electron chi connectivity index (χ0n) is 9.45. The van der Waals surface area contributed by atoms with Crippen LogP contribution in [-0.2, 0) is 5.60 Å². The summed E-state index contributed by atoms with van der Waals surface area (Å²) in [5.41, 5.74) is -6.56. The van der Waals surface area contributed by atoms with E-state index >= 15 is 0 Å². The number of benzene rings is 1. The summed E-state index contributed by atoms with van der Waals surface area (Å²) >= 11 is 0. The molecule has 0 aliphatic carbocycles. The van der Waals surface area contributed by atoms with E-state index < -0.39 is 23.5 Å². The van der Waals surface area contributed by atoms with Gasteiger partial charge in [-0.15, -0.1) is 0 Å². The minimum Gasteiger partial charge on any atom is -0.369 e. The average molecular weight is 272 g/mol. The van der Waals surface area contributed by atoms with Crippen molar-refractivity contribution in [2.24, 2.45) is 0 Å². The predicted molar refractivity (Wildman–Crippen MR) is 51.9 cm³/mol. The number of aliphatic hydroxyl groups is 1. The highest BCUT2D eigenvalue weighted by molar-refractivity contribution is 5.40. The monoisotopic (exact) mass is 272 g/mol. The van der Waals surface area contributed by atoms with Gasteiger partial charge in [0.25, 0.3) is 5.60 Å². The third-order valence-corrected chi connectivity index (χ3v) is 2.66. The zero-order chi connectivity index (χ0) is 14.4. The van der Waals surface area contributed by atoms with Crippen molar-refractivity contribution in [2.45, 2.75) is 31.8 Å². The topological polar surface area (TPSA) is 20.2 Å². The molecule has 1 aromatic carbocycles. The number of halogens is 6. The highest BCUT2D eigenvalue weighted by atomic mass is 19.4. The second-order valence-corrected chi connectivity index (χ2v) is 3.97. The van der Waals surface area contributed by atoms with Crippen molar-refractivity contribution in [1.29, 1.82) is 0 Å². The van der Waals surface area contributed by atoms with Crippen LogP contribution in [0.15, 0.2) is 18.2 Å². The molecule has 0 fully saturated rings. The molecule has 18 heavy (non-hydrogen) atoms. The van der Waals surface area contributed by atoms with E-state index in [0.717, 1.165) is 26.0 Å². The highest BCUT2D eigenvalue weighted by Gasteiger charge is 2.72. The van der Waals surface area contributed by atoms with Gasteiger partial charge in [-0.2, -0.15) is 26.3 Å². The van der Waals surface area contributed by atoms with Gasteiger partial charge in [0.1, 0.15) is 0 Å². The standard InChI is InChI=1S/C11H10F6O/c1-6-4-3-5-7(2)8(6)9(18,10(12,13)14)11(15,16)17/h3-5,18H,1-2H3. The lowest BCUT2D eigenvalue weighted by Crippen LogP contribution is -2.54. The summed E-state index contributed by atoms with van der Waals surface area (Å²) in [6.45, 7) is 2.18. The molecule has 0 aliphatic heterocycles. The van der Waals surface area contributed by atoms with Gasteiger partial charge < -0.3 is 5.11 Å². The third kappa shape index (κ3) is 2.07. The first-order valence-electron chi connectivity index (χ1n) is 4.85. The van der Waals surface area contributed by atoms with Crippen LogP contribution in [0, 0.1) is 13.8 Å². The molecule has 0 radical (unpaired) electrons. The average Bonchev–Trinajstić information content (AvgIpc) is 2.13. The van der Waals surface area contributed by atoms with Gasteiger partial charge in [-0.3, -0.25) is 0 Å². The Morgan fingerprint density at radius 2 is 1.17 bits per heavy atom. The summed E-state index contributed by atoms with van der Waals surface area (Å²) < 4.78 is 76.1. The molecule has 1 rings (SSSR count). The second-order valence-electron chi connectivity index (χ2n) is 3.97. The Bertz CT molecular complexity index is 412. The molecule has 0 aromatic heterocycles. The lowest BCUT2D eigenvalue weighted by molar-refractivity contribution is -0.376. The summed E-state index contributed by atoms with van der Waals surface area (Å²) in [6, 6.07) is 3.50. The van der Waals surface area contributed by atoms with E-state index in [1.54, 1.807) is 0 Å². The Kier molecular flexibility index (Phi) is 3.42. The molecule has 102 valence electrons. The molecule has 1 N–H and O–H groups in total. The summed E-state index contributed by atoms with van der Waals surface area (Å²) in [5, 5.41) is 9.27. The fraction of sp³-hybridized carbons (Fsp3) is 0.455. The smallest absolute Gasteiger partial charge is 0.369 e. The summed E-state index contributed by atoms with van der Waals surface area (Å²) in [6.07, 6.45) is -11.7. The van der Waals surface area contributed by atoms with E-state index in [1.807, 2.05) is 0 Å². The van der Waals surface area contributed by atoms with Gasteiger partial charge in [0.05, 0.1) is 0 Å². The number of alkyl halides is 6. The molecule has 1 nitrogen and oxygen atoms in total. The normalized spacial score (nSPS) is 13.8. The fourth-order valence-corrected chi connectivity index (χ4v) is 1.83. The Hall–Kier alpha value is -1.24. The van der Waals surface area contributed by atoms with Crippen LogP contribution in [0.2, 0.25) is 0 Å². The fourth-order valence-electron chi connectivity index (χ4n) is 1.83. The second kappa shape index (κ2) is 4.15. The summed E-state index contributed by atoms with van der Waals surface area (Å²) in [7, 11) is 0. The lowest BCUT2D eigenvalue weighted by atomic mass is 9.85. The van der Waals surface area contributed by atoms with Gasteiger partial charge >= 0.3 is 12.4 Å². The molecule has 0 amide bonds. The van der Waals surface area contributed by atoms with Crippen LogP contribution >= 0.6 is 0 Å². The largest absolute Gasteiger partial charge is 0.430 e. The molecule has 0 bridgehead atoms. The van der Waals surface area contributed by atoms with Crippen molar-refractivity contribution in [3.8, 4) is 0 Å². The predicted octanol–water partition coefficient (Wildman–Crippen LogP) is 3.62. The van der Waals surface area contributed by atoms with Crippen LogP contribution in [0.1, 0.15) is 16.7 Å². The zero-order valence-corrected chi connectivity index (χ0v) is 9.45. The molecule has 0 spiro atoms. The maximum atomic E-state index is 12.7. The van der Waals surface area contributed by atoms with E-state index in [2.05, 4.69) is 0 Å². The number of aryl methyl sites for hydroxylation is 2. The van der Waals surface area contributed by atoms with Crippen molar-refractivity contribution in [3.63, 3.8) is 0 Å². The first-order valence-corrected chi connectivity index (χ1v) is 4.85. The van der Waals surface area contributed by atoms with Gasteiger partial charge in [0, 0.05) is 5.56 Å². The molecule has 0 heterocycles. The molecule has 1 aromatic rings. The van der Waals surface area contributed by atoms with E-state index in [1.165, 1.54) is 6.07 Å². The van der Waals surface area contributed by atoms with E-state index in [-0.39, 0.29) is 11.1 Å². The van der Waals surface area contributed by atoms with Crippen molar-refractivity contribution < 1.29 is 31.4 Å². The summed E-state index contributed by atoms with van der Waals surface area (Å²) in [5.74, 6) is 0. The number of rotatable bonds is 1. The van der Waals surface area contributed by atoms with Crippen LogP contribution in [0.25, 0.3) is 0 Å². The lowest BCUT2D eigenvalue weighted by Gasteiger charge is -2.34. The van der Waals surface area contributed by atoms with Gasteiger partial charge in [-0.05, 0) is 25.0 Å². The Labute approximate surface area is 99.0 Å². The van der Waals surface area contributed by atoms with Crippen molar-refractivity contribution in [2.75, 3.05) is 0 Å². The molecule has 0 saturated heterocycles. The van der Waals surface area contributed by atoms with Crippen LogP contribution < -0.4 is 0 Å². The Balaban J connectivity index is 3.67. The Morgan fingerprint density at radius 3 is 1.44 bits per heavy atom. The molecule has 0 atom stereocenters. The quantitative estimate of drug-likeness (QED) is 0.774. The number of hydrogen-bond acceptors (Lipinski definition) is 1. The molecule has 0 aliphatic rings. The van der Waals surface area contributed by atoms with E-state index in [9.17, 15) is 31.4 Å².